The van der Waals surface area contributed by atoms with Crippen LogP contribution in [-0.2, 0) is 15.1 Å². The van der Waals surface area contributed by atoms with Crippen LogP contribution >= 0.6 is 0 Å². The lowest BCUT2D eigenvalue weighted by Gasteiger charge is -2.52. The van der Waals surface area contributed by atoms with Crippen LogP contribution < -0.4 is 5.32 Å². The third-order valence-electron chi connectivity index (χ3n) is 4.31. The molecule has 1 saturated carbocycles. The fourth-order valence-corrected chi connectivity index (χ4v) is 3.55. The minimum absolute atomic E-state index is 0.0110. The Morgan fingerprint density at radius 2 is 2.25 bits per heavy atom. The van der Waals surface area contributed by atoms with E-state index in [1.54, 1.807) is 0 Å². The molecule has 3 atom stereocenters. The summed E-state index contributed by atoms with van der Waals surface area (Å²) in [6.07, 6.45) is 2.04. The van der Waals surface area contributed by atoms with E-state index in [1.807, 2.05) is 18.2 Å². The second-order valence-corrected chi connectivity index (χ2v) is 4.88. The maximum Gasteiger partial charge on any atom is 0.252 e. The van der Waals surface area contributed by atoms with Crippen molar-refractivity contribution in [3.8, 4) is 0 Å². The number of nitrogens with zero attached hydrogens (tertiary/aromatic N) is 1. The van der Waals surface area contributed by atoms with Crippen LogP contribution in [0.5, 0.6) is 0 Å². The van der Waals surface area contributed by atoms with Crippen LogP contribution in [0.2, 0.25) is 0 Å². The first-order valence-corrected chi connectivity index (χ1v) is 5.81. The Balaban J connectivity index is 1.95. The number of benzene rings is 1. The first-order valence-electron chi connectivity index (χ1n) is 5.81. The molecular weight excluding hydrogens is 202 g/mol. The molecule has 3 nitrogen and oxygen atoms in total. The van der Waals surface area contributed by atoms with Crippen molar-refractivity contribution < 1.29 is 9.53 Å². The van der Waals surface area contributed by atoms with Crippen LogP contribution in [0.3, 0.4) is 0 Å². The van der Waals surface area contributed by atoms with Gasteiger partial charge in [-0.15, -0.1) is 0 Å². The third kappa shape index (κ3) is 0.789. The van der Waals surface area contributed by atoms with Gasteiger partial charge in [0.25, 0.3) is 5.91 Å². The van der Waals surface area contributed by atoms with Crippen molar-refractivity contribution in [1.82, 2.24) is 5.32 Å². The SMILES string of the molecule is O=C1[N]c2ccccc2C23OCCC2CC13. The summed E-state index contributed by atoms with van der Waals surface area (Å²) in [5.41, 5.74) is 1.64. The summed E-state index contributed by atoms with van der Waals surface area (Å²) in [4.78, 5) is 11.9. The largest absolute Gasteiger partial charge is 0.369 e. The summed E-state index contributed by atoms with van der Waals surface area (Å²) in [5, 5.41) is 4.16. The van der Waals surface area contributed by atoms with Crippen LogP contribution in [0.4, 0.5) is 5.69 Å². The van der Waals surface area contributed by atoms with Gasteiger partial charge in [-0.2, -0.15) is 0 Å². The van der Waals surface area contributed by atoms with Gasteiger partial charge in [-0.3, -0.25) is 4.79 Å². The predicted molar refractivity (Wildman–Crippen MR) is 57.1 cm³/mol. The van der Waals surface area contributed by atoms with Crippen molar-refractivity contribution in [2.45, 2.75) is 18.4 Å². The average molecular weight is 214 g/mol. The van der Waals surface area contributed by atoms with Gasteiger partial charge in [-0.1, -0.05) is 18.2 Å². The minimum atomic E-state index is -0.310. The average Bonchev–Trinajstić information content (AvgIpc) is 2.57. The quantitative estimate of drug-likeness (QED) is 0.659. The highest BCUT2D eigenvalue weighted by molar-refractivity contribution is 5.89. The third-order valence-corrected chi connectivity index (χ3v) is 4.31. The number of carbonyl (C=O) groups is 1. The molecule has 0 aromatic heterocycles. The summed E-state index contributed by atoms with van der Waals surface area (Å²) in [6, 6.07) is 7.91. The number of para-hydroxylation sites is 1. The fourth-order valence-electron chi connectivity index (χ4n) is 3.55. The highest BCUT2D eigenvalue weighted by atomic mass is 16.5. The molecule has 3 heteroatoms. The summed E-state index contributed by atoms with van der Waals surface area (Å²) >= 11 is 0. The van der Waals surface area contributed by atoms with Crippen molar-refractivity contribution in [3.05, 3.63) is 29.8 Å². The van der Waals surface area contributed by atoms with Gasteiger partial charge >= 0.3 is 0 Å². The fraction of sp³-hybridized carbons (Fsp3) is 0.462. The number of carbonyl (C=O) groups excluding carboxylic acids is 1. The van der Waals surface area contributed by atoms with Crippen molar-refractivity contribution in [3.63, 3.8) is 0 Å². The number of hydrogen-bond acceptors (Lipinski definition) is 2. The maximum atomic E-state index is 11.9. The van der Waals surface area contributed by atoms with E-state index in [0.29, 0.717) is 5.92 Å². The van der Waals surface area contributed by atoms with Gasteiger partial charge in [-0.25, -0.2) is 5.32 Å². The summed E-state index contributed by atoms with van der Waals surface area (Å²) in [6.45, 7) is 0.781. The number of fused-ring (bicyclic) bond motifs is 1. The number of ether oxygens (including phenoxy) is 1. The smallest absolute Gasteiger partial charge is 0.252 e. The second-order valence-electron chi connectivity index (χ2n) is 4.88. The second kappa shape index (κ2) is 2.66. The normalized spacial score (nSPS) is 39.1. The Morgan fingerprint density at radius 3 is 3.12 bits per heavy atom. The van der Waals surface area contributed by atoms with E-state index in [-0.39, 0.29) is 17.4 Å². The van der Waals surface area contributed by atoms with Crippen molar-refractivity contribution in [2.75, 3.05) is 6.61 Å². The number of amides is 1. The molecule has 1 aromatic rings. The maximum absolute atomic E-state index is 11.9. The number of hydrogen-bond donors (Lipinski definition) is 0. The lowest BCUT2D eigenvalue weighted by atomic mass is 9.56. The van der Waals surface area contributed by atoms with E-state index in [0.717, 1.165) is 30.7 Å². The standard InChI is InChI=1S/C13H12NO2/c15-12-10-7-8-5-6-16-13(8,10)9-3-1-2-4-11(9)14-12/h1-4,8,10H,5-7H2. The van der Waals surface area contributed by atoms with Gasteiger partial charge < -0.3 is 4.74 Å². The molecule has 1 saturated heterocycles. The zero-order chi connectivity index (χ0) is 10.8. The Morgan fingerprint density at radius 1 is 1.38 bits per heavy atom. The molecule has 2 aliphatic heterocycles. The molecule has 1 aromatic carbocycles. The molecule has 1 amide bonds. The zero-order valence-corrected chi connectivity index (χ0v) is 8.85. The highest BCUT2D eigenvalue weighted by Crippen LogP contribution is 2.62. The van der Waals surface area contributed by atoms with Crippen LogP contribution in [0.25, 0.3) is 0 Å². The van der Waals surface area contributed by atoms with E-state index in [9.17, 15) is 4.79 Å². The molecule has 1 spiro atoms. The van der Waals surface area contributed by atoms with Crippen molar-refractivity contribution >= 4 is 11.6 Å². The van der Waals surface area contributed by atoms with E-state index < -0.39 is 0 Å². The van der Waals surface area contributed by atoms with E-state index in [4.69, 9.17) is 4.74 Å². The molecule has 4 rings (SSSR count). The molecule has 1 aliphatic carbocycles. The molecule has 2 fully saturated rings. The molecule has 2 heterocycles. The lowest BCUT2D eigenvalue weighted by molar-refractivity contribution is -0.170. The number of rotatable bonds is 0. The van der Waals surface area contributed by atoms with Crippen molar-refractivity contribution in [1.29, 1.82) is 0 Å². The Kier molecular flexibility index (Phi) is 1.46. The van der Waals surface area contributed by atoms with Crippen LogP contribution in [0.1, 0.15) is 18.4 Å². The molecule has 3 aliphatic rings. The van der Waals surface area contributed by atoms with Crippen LogP contribution in [-0.4, -0.2) is 12.5 Å². The van der Waals surface area contributed by atoms with E-state index in [2.05, 4.69) is 11.4 Å². The first-order chi connectivity index (χ1) is 7.82. The molecular formula is C13H12NO2. The van der Waals surface area contributed by atoms with Crippen LogP contribution in [0.15, 0.2) is 24.3 Å². The van der Waals surface area contributed by atoms with Crippen LogP contribution in [0, 0.1) is 11.8 Å². The van der Waals surface area contributed by atoms with Crippen molar-refractivity contribution in [2.24, 2.45) is 11.8 Å². The van der Waals surface area contributed by atoms with Gasteiger partial charge in [0.2, 0.25) is 0 Å². The van der Waals surface area contributed by atoms with Gasteiger partial charge in [0.1, 0.15) is 5.60 Å². The Bertz CT molecular complexity index is 485. The summed E-state index contributed by atoms with van der Waals surface area (Å²) in [7, 11) is 0. The molecule has 0 bridgehead atoms. The van der Waals surface area contributed by atoms with Gasteiger partial charge in [0.15, 0.2) is 0 Å². The molecule has 1 radical (unpaired) electrons. The van der Waals surface area contributed by atoms with Gasteiger partial charge in [-0.05, 0) is 24.8 Å². The molecule has 81 valence electrons. The van der Waals surface area contributed by atoms with Gasteiger partial charge in [0.05, 0.1) is 11.6 Å². The lowest BCUT2D eigenvalue weighted by Crippen LogP contribution is -2.58. The molecule has 3 unspecified atom stereocenters. The Labute approximate surface area is 93.8 Å². The predicted octanol–water partition coefficient (Wildman–Crippen LogP) is 1.71. The molecule has 16 heavy (non-hydrogen) atoms. The van der Waals surface area contributed by atoms with E-state index in [1.165, 1.54) is 0 Å². The molecule has 0 N–H and O–H groups in total. The van der Waals surface area contributed by atoms with Gasteiger partial charge in [0, 0.05) is 12.2 Å². The topological polar surface area (TPSA) is 40.4 Å². The van der Waals surface area contributed by atoms with E-state index >= 15 is 0 Å². The highest BCUT2D eigenvalue weighted by Gasteiger charge is 2.65. The minimum Gasteiger partial charge on any atom is -0.369 e. The summed E-state index contributed by atoms with van der Waals surface area (Å²) in [5.74, 6) is 0.518. The monoisotopic (exact) mass is 214 g/mol. The zero-order valence-electron chi connectivity index (χ0n) is 8.85. The summed E-state index contributed by atoms with van der Waals surface area (Å²) < 4.78 is 5.96. The first kappa shape index (κ1) is 8.76. The Hall–Kier alpha value is -1.35.